The van der Waals surface area contributed by atoms with E-state index in [1.165, 1.54) is 11.8 Å². The van der Waals surface area contributed by atoms with E-state index < -0.39 is 11.7 Å². The van der Waals surface area contributed by atoms with Crippen LogP contribution >= 0.6 is 0 Å². The first-order valence-corrected chi connectivity index (χ1v) is 3.28. The maximum absolute atomic E-state index is 10.4. The number of nitrogens with zero attached hydrogens (tertiary/aromatic N) is 1. The number of likely N-dealkylation sites (N-methyl/N-ethyl adjacent to an activating group) is 1. The van der Waals surface area contributed by atoms with Crippen molar-refractivity contribution < 1.29 is 9.59 Å². The maximum Gasteiger partial charge on any atom is 0.289 e. The molecule has 10 heavy (non-hydrogen) atoms. The van der Waals surface area contributed by atoms with Gasteiger partial charge < -0.3 is 4.90 Å². The predicted molar refractivity (Wildman–Crippen MR) is 40.7 cm³/mol. The summed E-state index contributed by atoms with van der Waals surface area (Å²) in [4.78, 5) is 21.9. The average Bonchev–Trinajstić information content (AvgIpc) is 1.90. The molecule has 0 aliphatic rings. The van der Waals surface area contributed by atoms with Gasteiger partial charge in [0, 0.05) is 21.0 Å². The van der Waals surface area contributed by atoms with Crippen LogP contribution in [-0.2, 0) is 9.59 Å². The molecule has 0 aliphatic carbocycles. The molecule has 0 radical (unpaired) electrons. The monoisotopic (exact) mass is 145 g/mol. The van der Waals surface area contributed by atoms with E-state index in [0.29, 0.717) is 0 Å². The molecule has 0 spiro atoms. The second-order valence-corrected chi connectivity index (χ2v) is 1.76. The first-order valence-electron chi connectivity index (χ1n) is 3.28. The summed E-state index contributed by atoms with van der Waals surface area (Å²) in [5.41, 5.74) is 0. The lowest BCUT2D eigenvalue weighted by atomic mass is 10.4. The molecule has 0 aromatic carbocycles. The van der Waals surface area contributed by atoms with Crippen LogP contribution in [0, 0.1) is 0 Å². The van der Waals surface area contributed by atoms with Crippen molar-refractivity contribution in [1.29, 1.82) is 0 Å². The second-order valence-electron chi connectivity index (χ2n) is 1.76. The van der Waals surface area contributed by atoms with Gasteiger partial charge >= 0.3 is 0 Å². The van der Waals surface area contributed by atoms with Crippen LogP contribution in [0.25, 0.3) is 0 Å². The molecule has 3 heteroatoms. The molecule has 0 aromatic heterocycles. The van der Waals surface area contributed by atoms with Gasteiger partial charge in [-0.2, -0.15) is 0 Å². The first kappa shape index (κ1) is 11.9. The van der Waals surface area contributed by atoms with Gasteiger partial charge in [0.1, 0.15) is 0 Å². The molecule has 0 saturated carbocycles. The Hall–Kier alpha value is -0.860. The van der Waals surface area contributed by atoms with Gasteiger partial charge in [-0.3, -0.25) is 9.59 Å². The summed E-state index contributed by atoms with van der Waals surface area (Å²) in [5.74, 6) is -0.875. The molecule has 0 aliphatic heterocycles. The molecule has 0 unspecified atom stereocenters. The van der Waals surface area contributed by atoms with Crippen molar-refractivity contribution in [3.8, 4) is 0 Å². The smallest absolute Gasteiger partial charge is 0.289 e. The number of hydrogen-bond acceptors (Lipinski definition) is 2. The van der Waals surface area contributed by atoms with Crippen molar-refractivity contribution in [2.24, 2.45) is 0 Å². The minimum atomic E-state index is -0.454. The zero-order chi connectivity index (χ0) is 8.73. The van der Waals surface area contributed by atoms with E-state index in [0.717, 1.165) is 0 Å². The van der Waals surface area contributed by atoms with Crippen LogP contribution in [-0.4, -0.2) is 30.7 Å². The van der Waals surface area contributed by atoms with Crippen molar-refractivity contribution in [1.82, 2.24) is 4.90 Å². The Kier molecular flexibility index (Phi) is 7.44. The lowest BCUT2D eigenvalue weighted by molar-refractivity contribution is -0.141. The van der Waals surface area contributed by atoms with Gasteiger partial charge in [-0.1, -0.05) is 13.8 Å². The summed E-state index contributed by atoms with van der Waals surface area (Å²) >= 11 is 0. The first-order chi connectivity index (χ1) is 4.55. The van der Waals surface area contributed by atoms with Gasteiger partial charge in [-0.15, -0.1) is 0 Å². The fraction of sp³-hybridized carbons (Fsp3) is 0.714. The Morgan fingerprint density at radius 3 is 1.40 bits per heavy atom. The van der Waals surface area contributed by atoms with Crippen LogP contribution in [0.2, 0.25) is 0 Å². The Balaban J connectivity index is 0. The highest BCUT2D eigenvalue weighted by molar-refractivity contribution is 6.34. The van der Waals surface area contributed by atoms with E-state index in [2.05, 4.69) is 0 Å². The SMILES string of the molecule is CC.CC(=O)C(=O)N(C)C. The zero-order valence-electron chi connectivity index (χ0n) is 7.26. The highest BCUT2D eigenvalue weighted by Gasteiger charge is 2.07. The summed E-state index contributed by atoms with van der Waals surface area (Å²) in [5, 5.41) is 0. The van der Waals surface area contributed by atoms with Gasteiger partial charge in [0.2, 0.25) is 5.78 Å². The average molecular weight is 145 g/mol. The molecular formula is C7H15NO2. The predicted octanol–water partition coefficient (Wildman–Crippen LogP) is 0.690. The van der Waals surface area contributed by atoms with Crippen molar-refractivity contribution >= 4 is 11.7 Å². The van der Waals surface area contributed by atoms with Gasteiger partial charge in [0.25, 0.3) is 5.91 Å². The Morgan fingerprint density at radius 1 is 1.10 bits per heavy atom. The molecule has 0 bridgehead atoms. The summed E-state index contributed by atoms with van der Waals surface area (Å²) in [6.45, 7) is 5.25. The minimum absolute atomic E-state index is 0.421. The third kappa shape index (κ3) is 5.28. The minimum Gasteiger partial charge on any atom is -0.342 e. The Morgan fingerprint density at radius 2 is 1.40 bits per heavy atom. The third-order valence-electron chi connectivity index (χ3n) is 0.707. The highest BCUT2D eigenvalue weighted by Crippen LogP contribution is 1.77. The molecule has 60 valence electrons. The van der Waals surface area contributed by atoms with Gasteiger partial charge in [-0.05, 0) is 0 Å². The third-order valence-corrected chi connectivity index (χ3v) is 0.707. The van der Waals surface area contributed by atoms with E-state index >= 15 is 0 Å². The van der Waals surface area contributed by atoms with Crippen LogP contribution in [0.3, 0.4) is 0 Å². The zero-order valence-corrected chi connectivity index (χ0v) is 7.26. The number of ketones is 1. The number of rotatable bonds is 1. The molecule has 1 amide bonds. The van der Waals surface area contributed by atoms with Crippen LogP contribution in [0.5, 0.6) is 0 Å². The maximum atomic E-state index is 10.4. The van der Waals surface area contributed by atoms with Gasteiger partial charge in [-0.25, -0.2) is 0 Å². The van der Waals surface area contributed by atoms with Crippen LogP contribution in [0.15, 0.2) is 0 Å². The quantitative estimate of drug-likeness (QED) is 0.509. The van der Waals surface area contributed by atoms with E-state index in [4.69, 9.17) is 0 Å². The van der Waals surface area contributed by atoms with E-state index in [9.17, 15) is 9.59 Å². The molecule has 3 nitrogen and oxygen atoms in total. The second kappa shape index (κ2) is 6.26. The van der Waals surface area contributed by atoms with Crippen molar-refractivity contribution in [2.75, 3.05) is 14.1 Å². The van der Waals surface area contributed by atoms with Crippen molar-refractivity contribution in [2.45, 2.75) is 20.8 Å². The molecule has 0 heterocycles. The fourth-order valence-electron chi connectivity index (χ4n) is 0.315. The van der Waals surface area contributed by atoms with E-state index in [-0.39, 0.29) is 0 Å². The summed E-state index contributed by atoms with van der Waals surface area (Å²) in [7, 11) is 3.09. The van der Waals surface area contributed by atoms with Crippen molar-refractivity contribution in [3.05, 3.63) is 0 Å². The molecule has 0 atom stereocenters. The molecule has 0 N–H and O–H groups in total. The fourth-order valence-corrected chi connectivity index (χ4v) is 0.315. The highest BCUT2D eigenvalue weighted by atomic mass is 16.2. The molecule has 0 aromatic rings. The van der Waals surface area contributed by atoms with Crippen molar-refractivity contribution in [3.63, 3.8) is 0 Å². The van der Waals surface area contributed by atoms with Gasteiger partial charge in [0.05, 0.1) is 0 Å². The van der Waals surface area contributed by atoms with Gasteiger partial charge in [0.15, 0.2) is 0 Å². The standard InChI is InChI=1S/C5H9NO2.C2H6/c1-4(7)5(8)6(2)3;1-2/h1-3H3;1-2H3. The van der Waals surface area contributed by atoms with Crippen LogP contribution in [0.4, 0.5) is 0 Å². The number of carbonyl (C=O) groups is 2. The molecule has 0 rings (SSSR count). The van der Waals surface area contributed by atoms with E-state index in [1.54, 1.807) is 14.1 Å². The summed E-state index contributed by atoms with van der Waals surface area (Å²) in [6, 6.07) is 0. The molecule has 0 fully saturated rings. The Bertz CT molecular complexity index is 119. The summed E-state index contributed by atoms with van der Waals surface area (Å²) in [6.07, 6.45) is 0. The normalized spacial score (nSPS) is 7.30. The van der Waals surface area contributed by atoms with E-state index in [1.807, 2.05) is 13.8 Å². The number of hydrogen-bond donors (Lipinski definition) is 0. The number of carbonyl (C=O) groups excluding carboxylic acids is 2. The number of amides is 1. The molecular weight excluding hydrogens is 130 g/mol. The Labute approximate surface area is 62.0 Å². The summed E-state index contributed by atoms with van der Waals surface area (Å²) < 4.78 is 0. The largest absolute Gasteiger partial charge is 0.342 e. The van der Waals surface area contributed by atoms with Crippen LogP contribution < -0.4 is 0 Å². The molecule has 0 saturated heterocycles. The van der Waals surface area contributed by atoms with Crippen LogP contribution in [0.1, 0.15) is 20.8 Å². The lowest BCUT2D eigenvalue weighted by Gasteiger charge is -2.04. The number of Topliss-reactive ketones (excluding diaryl/α,β-unsaturated/α-hetero) is 1. The lowest BCUT2D eigenvalue weighted by Crippen LogP contribution is -2.27. The topological polar surface area (TPSA) is 37.4 Å².